The van der Waals surface area contributed by atoms with Gasteiger partial charge in [0, 0.05) is 38.4 Å². The number of amides is 1. The molecule has 0 heterocycles. The van der Waals surface area contributed by atoms with E-state index in [-0.39, 0.29) is 11.4 Å². The lowest BCUT2D eigenvalue weighted by Gasteiger charge is -2.20. The van der Waals surface area contributed by atoms with E-state index in [0.717, 1.165) is 24.3 Å². The van der Waals surface area contributed by atoms with Crippen molar-refractivity contribution in [3.05, 3.63) is 29.8 Å². The summed E-state index contributed by atoms with van der Waals surface area (Å²) in [6.07, 6.45) is 0.457. The largest absolute Gasteiger partial charge is 0.384 e. The fraction of sp³-hybridized carbons (Fsp3) is 0.562. The molecular weight excluding hydrogens is 250 g/mol. The maximum Gasteiger partial charge on any atom is 0.226 e. The number of carbonyl (C=O) groups excluding carboxylic acids is 1. The summed E-state index contributed by atoms with van der Waals surface area (Å²) in [5.74, 6) is 0.125. The first-order valence-electron chi connectivity index (χ1n) is 7.06. The van der Waals surface area contributed by atoms with Gasteiger partial charge in [0.25, 0.3) is 0 Å². The molecule has 4 nitrogen and oxygen atoms in total. The molecule has 0 aliphatic heterocycles. The van der Waals surface area contributed by atoms with E-state index in [1.165, 1.54) is 0 Å². The van der Waals surface area contributed by atoms with Gasteiger partial charge in [0.05, 0.1) is 6.42 Å². The molecule has 1 aromatic carbocycles. The predicted molar refractivity (Wildman–Crippen MR) is 85.1 cm³/mol. The number of likely N-dealkylation sites (N-methyl/N-ethyl adjacent to an activating group) is 1. The molecule has 1 aromatic rings. The summed E-state index contributed by atoms with van der Waals surface area (Å²) in [7, 11) is 3.56. The van der Waals surface area contributed by atoms with Crippen LogP contribution in [0.4, 0.5) is 5.69 Å². The van der Waals surface area contributed by atoms with Gasteiger partial charge in [0.15, 0.2) is 0 Å². The van der Waals surface area contributed by atoms with Crippen LogP contribution in [0, 0.1) is 0 Å². The molecule has 0 radical (unpaired) electrons. The van der Waals surface area contributed by atoms with Gasteiger partial charge in [0.1, 0.15) is 0 Å². The summed E-state index contributed by atoms with van der Waals surface area (Å²) in [6.45, 7) is 8.27. The molecule has 1 rings (SSSR count). The summed E-state index contributed by atoms with van der Waals surface area (Å²) in [5, 5.41) is 6.79. The minimum absolute atomic E-state index is 0.125. The van der Waals surface area contributed by atoms with E-state index < -0.39 is 0 Å². The number of hydrogen-bond acceptors (Lipinski definition) is 3. The summed E-state index contributed by atoms with van der Waals surface area (Å²) >= 11 is 0. The Hall–Kier alpha value is -1.55. The Labute approximate surface area is 122 Å². The number of nitrogens with one attached hydrogen (secondary N) is 2. The highest BCUT2D eigenvalue weighted by atomic mass is 16.2. The van der Waals surface area contributed by atoms with Crippen LogP contribution in [0.15, 0.2) is 24.3 Å². The maximum atomic E-state index is 11.6. The third-order valence-corrected chi connectivity index (χ3v) is 2.92. The molecule has 20 heavy (non-hydrogen) atoms. The van der Waals surface area contributed by atoms with Gasteiger partial charge in [-0.25, -0.2) is 0 Å². The van der Waals surface area contributed by atoms with Crippen molar-refractivity contribution in [2.45, 2.75) is 32.7 Å². The van der Waals surface area contributed by atoms with Crippen LogP contribution in [0.2, 0.25) is 0 Å². The molecule has 4 heteroatoms. The van der Waals surface area contributed by atoms with E-state index in [0.29, 0.717) is 6.42 Å². The zero-order valence-electron chi connectivity index (χ0n) is 13.3. The first-order valence-corrected chi connectivity index (χ1v) is 7.06. The highest BCUT2D eigenvalue weighted by Crippen LogP contribution is 2.10. The Kier molecular flexibility index (Phi) is 6.02. The van der Waals surface area contributed by atoms with Crippen LogP contribution < -0.4 is 10.6 Å². The molecule has 0 saturated heterocycles. The summed E-state index contributed by atoms with van der Waals surface area (Å²) in [4.78, 5) is 13.2. The Morgan fingerprint density at radius 2 is 1.70 bits per heavy atom. The van der Waals surface area contributed by atoms with Crippen LogP contribution >= 0.6 is 0 Å². The minimum Gasteiger partial charge on any atom is -0.384 e. The van der Waals surface area contributed by atoms with Crippen LogP contribution in [0.1, 0.15) is 26.3 Å². The molecule has 0 saturated carbocycles. The first kappa shape index (κ1) is 16.5. The van der Waals surface area contributed by atoms with E-state index in [1.54, 1.807) is 19.0 Å². The molecule has 0 fully saturated rings. The zero-order chi connectivity index (χ0) is 15.2. The normalized spacial score (nSPS) is 11.2. The monoisotopic (exact) mass is 277 g/mol. The van der Waals surface area contributed by atoms with Gasteiger partial charge in [0.2, 0.25) is 5.91 Å². The molecule has 1 amide bonds. The molecule has 0 atom stereocenters. The average molecular weight is 277 g/mol. The van der Waals surface area contributed by atoms with E-state index in [2.05, 4.69) is 31.4 Å². The van der Waals surface area contributed by atoms with Crippen molar-refractivity contribution >= 4 is 11.6 Å². The lowest BCUT2D eigenvalue weighted by atomic mass is 10.1. The third kappa shape index (κ3) is 6.57. The van der Waals surface area contributed by atoms with Crippen molar-refractivity contribution in [2.75, 3.05) is 32.5 Å². The Balaban J connectivity index is 2.37. The van der Waals surface area contributed by atoms with Crippen molar-refractivity contribution in [3.63, 3.8) is 0 Å². The Morgan fingerprint density at radius 1 is 1.10 bits per heavy atom. The van der Waals surface area contributed by atoms with Crippen LogP contribution in [0.25, 0.3) is 0 Å². The fourth-order valence-electron chi connectivity index (χ4n) is 1.72. The van der Waals surface area contributed by atoms with Crippen molar-refractivity contribution in [1.82, 2.24) is 10.2 Å². The van der Waals surface area contributed by atoms with E-state index >= 15 is 0 Å². The minimum atomic E-state index is 0.125. The number of nitrogens with zero attached hydrogens (tertiary/aromatic N) is 1. The van der Waals surface area contributed by atoms with Gasteiger partial charge in [-0.1, -0.05) is 12.1 Å². The number of carbonyl (C=O) groups is 1. The Bertz CT molecular complexity index is 418. The van der Waals surface area contributed by atoms with Gasteiger partial charge in [-0.15, -0.1) is 0 Å². The number of benzene rings is 1. The fourth-order valence-corrected chi connectivity index (χ4v) is 1.72. The summed E-state index contributed by atoms with van der Waals surface area (Å²) < 4.78 is 0. The summed E-state index contributed by atoms with van der Waals surface area (Å²) in [5.41, 5.74) is 2.28. The second-order valence-corrected chi connectivity index (χ2v) is 6.27. The highest BCUT2D eigenvalue weighted by molar-refractivity contribution is 5.78. The molecule has 112 valence electrons. The smallest absolute Gasteiger partial charge is 0.226 e. The molecule has 2 N–H and O–H groups in total. The van der Waals surface area contributed by atoms with Crippen molar-refractivity contribution < 1.29 is 4.79 Å². The second kappa shape index (κ2) is 7.29. The van der Waals surface area contributed by atoms with Crippen molar-refractivity contribution in [2.24, 2.45) is 0 Å². The number of hydrogen-bond donors (Lipinski definition) is 2. The highest BCUT2D eigenvalue weighted by Gasteiger charge is 2.07. The SMILES string of the molecule is CN(C)C(=O)Cc1ccc(NCCNC(C)(C)C)cc1. The maximum absolute atomic E-state index is 11.6. The van der Waals surface area contributed by atoms with E-state index in [1.807, 2.05) is 24.3 Å². The van der Waals surface area contributed by atoms with Crippen LogP contribution in [-0.4, -0.2) is 43.5 Å². The molecule has 0 bridgehead atoms. The van der Waals surface area contributed by atoms with E-state index in [9.17, 15) is 4.79 Å². The van der Waals surface area contributed by atoms with Crippen LogP contribution in [0.5, 0.6) is 0 Å². The van der Waals surface area contributed by atoms with Crippen molar-refractivity contribution in [3.8, 4) is 0 Å². The predicted octanol–water partition coefficient (Wildman–Crippen LogP) is 2.12. The second-order valence-electron chi connectivity index (χ2n) is 6.27. The molecule has 0 aliphatic rings. The van der Waals surface area contributed by atoms with E-state index in [4.69, 9.17) is 0 Å². The number of rotatable bonds is 6. The lowest BCUT2D eigenvalue weighted by molar-refractivity contribution is -0.127. The van der Waals surface area contributed by atoms with Gasteiger partial charge < -0.3 is 15.5 Å². The molecule has 0 aromatic heterocycles. The lowest BCUT2D eigenvalue weighted by Crippen LogP contribution is -2.38. The quantitative estimate of drug-likeness (QED) is 0.783. The van der Waals surface area contributed by atoms with Crippen LogP contribution in [-0.2, 0) is 11.2 Å². The Morgan fingerprint density at radius 3 is 2.20 bits per heavy atom. The van der Waals surface area contributed by atoms with Crippen molar-refractivity contribution in [1.29, 1.82) is 0 Å². The topological polar surface area (TPSA) is 44.4 Å². The molecule has 0 spiro atoms. The first-order chi connectivity index (χ1) is 9.28. The van der Waals surface area contributed by atoms with Gasteiger partial charge >= 0.3 is 0 Å². The number of anilines is 1. The molecule has 0 unspecified atom stereocenters. The standard InChI is InChI=1S/C16H27N3O/c1-16(2,3)18-11-10-17-14-8-6-13(7-9-14)12-15(20)19(4)5/h6-9,17-18H,10-12H2,1-5H3. The average Bonchev–Trinajstić information content (AvgIpc) is 2.35. The van der Waals surface area contributed by atoms with Crippen LogP contribution in [0.3, 0.4) is 0 Å². The third-order valence-electron chi connectivity index (χ3n) is 2.92. The molecular formula is C16H27N3O. The summed E-state index contributed by atoms with van der Waals surface area (Å²) in [6, 6.07) is 8.05. The van der Waals surface area contributed by atoms with Gasteiger partial charge in [-0.2, -0.15) is 0 Å². The molecule has 0 aliphatic carbocycles. The zero-order valence-corrected chi connectivity index (χ0v) is 13.3. The van der Waals surface area contributed by atoms with Gasteiger partial charge in [-0.05, 0) is 38.5 Å². The van der Waals surface area contributed by atoms with Gasteiger partial charge in [-0.3, -0.25) is 4.79 Å².